The number of rotatable bonds is 6. The van der Waals surface area contributed by atoms with Gasteiger partial charge in [0.05, 0.1) is 23.5 Å². The Morgan fingerprint density at radius 3 is 2.55 bits per heavy atom. The molecule has 33 heavy (non-hydrogen) atoms. The molecule has 0 radical (unpaired) electrons. The molecule has 1 amide bonds. The van der Waals surface area contributed by atoms with Crippen molar-refractivity contribution in [3.63, 3.8) is 0 Å². The van der Waals surface area contributed by atoms with Gasteiger partial charge in [0.15, 0.2) is 0 Å². The van der Waals surface area contributed by atoms with E-state index in [4.69, 9.17) is 4.98 Å². The monoisotopic (exact) mass is 470 g/mol. The van der Waals surface area contributed by atoms with Gasteiger partial charge in [-0.3, -0.25) is 9.52 Å². The molecule has 1 aliphatic heterocycles. The van der Waals surface area contributed by atoms with Crippen molar-refractivity contribution >= 4 is 38.3 Å². The van der Waals surface area contributed by atoms with Crippen molar-refractivity contribution in [2.45, 2.75) is 32.7 Å². The normalized spacial score (nSPS) is 15.0. The van der Waals surface area contributed by atoms with Gasteiger partial charge in [-0.1, -0.05) is 0 Å². The molecular formula is C24H27FN4O3S. The van der Waals surface area contributed by atoms with Crippen molar-refractivity contribution in [2.75, 3.05) is 29.0 Å². The third kappa shape index (κ3) is 5.24. The van der Waals surface area contributed by atoms with Crippen LogP contribution in [0, 0.1) is 12.7 Å². The van der Waals surface area contributed by atoms with E-state index in [1.807, 2.05) is 18.2 Å². The van der Waals surface area contributed by atoms with E-state index in [2.05, 4.69) is 14.9 Å². The Balaban J connectivity index is 1.51. The minimum absolute atomic E-state index is 0.174. The Hall–Kier alpha value is -3.20. The van der Waals surface area contributed by atoms with Crippen molar-refractivity contribution in [1.29, 1.82) is 0 Å². The number of carbonyl (C=O) groups excluding carboxylic acids is 1. The van der Waals surface area contributed by atoms with Gasteiger partial charge in [0, 0.05) is 29.6 Å². The highest BCUT2D eigenvalue weighted by molar-refractivity contribution is 7.92. The number of aromatic nitrogens is 1. The topological polar surface area (TPSA) is 91.4 Å². The summed E-state index contributed by atoms with van der Waals surface area (Å²) in [7, 11) is -3.52. The molecule has 1 fully saturated rings. The number of halogens is 1. The quantitative estimate of drug-likeness (QED) is 0.565. The van der Waals surface area contributed by atoms with Crippen LogP contribution in [0.2, 0.25) is 0 Å². The third-order valence-corrected chi connectivity index (χ3v) is 6.41. The number of benzene rings is 2. The van der Waals surface area contributed by atoms with Gasteiger partial charge in [0.25, 0.3) is 5.91 Å². The molecule has 7 nitrogen and oxygen atoms in total. The van der Waals surface area contributed by atoms with Crippen molar-refractivity contribution in [3.05, 3.63) is 65.0 Å². The van der Waals surface area contributed by atoms with Crippen LogP contribution in [-0.4, -0.2) is 38.7 Å². The fourth-order valence-electron chi connectivity index (χ4n) is 4.08. The molecule has 1 aliphatic rings. The molecule has 2 heterocycles. The number of amides is 1. The van der Waals surface area contributed by atoms with Crippen LogP contribution in [0.4, 0.5) is 15.9 Å². The van der Waals surface area contributed by atoms with Crippen molar-refractivity contribution in [3.8, 4) is 0 Å². The third-order valence-electron chi connectivity index (χ3n) is 5.82. The van der Waals surface area contributed by atoms with Gasteiger partial charge in [0.2, 0.25) is 10.0 Å². The zero-order valence-electron chi connectivity index (χ0n) is 18.9. The maximum Gasteiger partial charge on any atom is 0.251 e. The lowest BCUT2D eigenvalue weighted by Crippen LogP contribution is -2.27. The summed E-state index contributed by atoms with van der Waals surface area (Å²) >= 11 is 0. The number of pyridine rings is 1. The largest absolute Gasteiger partial charge is 0.357 e. The highest BCUT2D eigenvalue weighted by Crippen LogP contribution is 2.26. The average molecular weight is 471 g/mol. The van der Waals surface area contributed by atoms with Crippen molar-refractivity contribution in [2.24, 2.45) is 0 Å². The lowest BCUT2D eigenvalue weighted by atomic mass is 10.0. The lowest BCUT2D eigenvalue weighted by molar-refractivity contribution is 0.0939. The number of fused-ring (bicyclic) bond motifs is 1. The Morgan fingerprint density at radius 1 is 1.12 bits per heavy atom. The maximum absolute atomic E-state index is 14.7. The number of carbonyl (C=O) groups is 1. The number of anilines is 2. The van der Waals surface area contributed by atoms with Crippen LogP contribution >= 0.6 is 0 Å². The molecule has 1 aromatic heterocycles. The standard InChI is InChI=1S/C24H27FN4O3S/c1-15-12-19(20(25)14-22(15)28-33(3,31)32)16(2)26-24(30)18-6-8-21-17(13-18)7-9-23(27-21)29-10-4-5-11-29/h6-9,12-14,16,28H,4-5,10-11H2,1-3H3,(H,26,30)/t16-/m0/s1. The Bertz CT molecular complexity index is 1320. The molecule has 0 unspecified atom stereocenters. The highest BCUT2D eigenvalue weighted by Gasteiger charge is 2.19. The molecule has 174 valence electrons. The molecule has 4 rings (SSSR count). The smallest absolute Gasteiger partial charge is 0.251 e. The predicted octanol–water partition coefficient (Wildman–Crippen LogP) is 4.15. The molecular weight excluding hydrogens is 443 g/mol. The van der Waals surface area contributed by atoms with E-state index < -0.39 is 21.9 Å². The zero-order chi connectivity index (χ0) is 23.8. The van der Waals surface area contributed by atoms with Gasteiger partial charge in [0.1, 0.15) is 11.6 Å². The summed E-state index contributed by atoms with van der Waals surface area (Å²) in [5, 5.41) is 3.68. The minimum atomic E-state index is -3.52. The number of aryl methyl sites for hydroxylation is 1. The second-order valence-electron chi connectivity index (χ2n) is 8.53. The molecule has 0 saturated carbocycles. The molecule has 0 spiro atoms. The number of nitrogens with one attached hydrogen (secondary N) is 2. The lowest BCUT2D eigenvalue weighted by Gasteiger charge is -2.18. The van der Waals surface area contributed by atoms with E-state index in [0.29, 0.717) is 11.1 Å². The van der Waals surface area contributed by atoms with Crippen molar-refractivity contribution in [1.82, 2.24) is 10.3 Å². The summed E-state index contributed by atoms with van der Waals surface area (Å²) in [6, 6.07) is 11.3. The SMILES string of the molecule is Cc1cc([C@H](C)NC(=O)c2ccc3nc(N4CCCC4)ccc3c2)c(F)cc1NS(C)(=O)=O. The highest BCUT2D eigenvalue weighted by atomic mass is 32.2. The second kappa shape index (κ2) is 8.97. The van der Waals surface area contributed by atoms with Crippen LogP contribution in [-0.2, 0) is 10.0 Å². The first kappa shape index (κ1) is 23.0. The van der Waals surface area contributed by atoms with Gasteiger partial charge >= 0.3 is 0 Å². The van der Waals surface area contributed by atoms with Crippen LogP contribution in [0.3, 0.4) is 0 Å². The van der Waals surface area contributed by atoms with Gasteiger partial charge in [-0.25, -0.2) is 17.8 Å². The number of hydrogen-bond acceptors (Lipinski definition) is 5. The number of sulfonamides is 1. The fourth-order valence-corrected chi connectivity index (χ4v) is 4.70. The first-order valence-corrected chi connectivity index (χ1v) is 12.7. The molecule has 1 saturated heterocycles. The molecule has 2 aromatic carbocycles. The molecule has 0 bridgehead atoms. The summed E-state index contributed by atoms with van der Waals surface area (Å²) in [5.74, 6) is 0.0191. The summed E-state index contributed by atoms with van der Waals surface area (Å²) < 4.78 is 39.9. The minimum Gasteiger partial charge on any atom is -0.357 e. The van der Waals surface area contributed by atoms with Gasteiger partial charge in [-0.05, 0) is 74.7 Å². The van der Waals surface area contributed by atoms with E-state index in [9.17, 15) is 17.6 Å². The summed E-state index contributed by atoms with van der Waals surface area (Å²) in [6.45, 7) is 5.39. The Labute approximate surface area is 193 Å². The average Bonchev–Trinajstić information content (AvgIpc) is 3.29. The first-order valence-electron chi connectivity index (χ1n) is 10.9. The van der Waals surface area contributed by atoms with E-state index >= 15 is 0 Å². The molecule has 3 aromatic rings. The summed E-state index contributed by atoms with van der Waals surface area (Å²) in [6.07, 6.45) is 3.36. The Morgan fingerprint density at radius 2 is 1.85 bits per heavy atom. The van der Waals surface area contributed by atoms with Gasteiger partial charge in [-0.15, -0.1) is 0 Å². The van der Waals surface area contributed by atoms with E-state index in [-0.39, 0.29) is 17.2 Å². The second-order valence-corrected chi connectivity index (χ2v) is 10.3. The van der Waals surface area contributed by atoms with E-state index in [0.717, 1.165) is 42.1 Å². The van der Waals surface area contributed by atoms with Crippen molar-refractivity contribution < 1.29 is 17.6 Å². The Kier molecular flexibility index (Phi) is 6.25. The van der Waals surface area contributed by atoms with Crippen LogP contribution in [0.1, 0.15) is 47.3 Å². The van der Waals surface area contributed by atoms with Crippen LogP contribution < -0.4 is 14.9 Å². The maximum atomic E-state index is 14.7. The van der Waals surface area contributed by atoms with Crippen LogP contribution in [0.15, 0.2) is 42.5 Å². The van der Waals surface area contributed by atoms with Crippen LogP contribution in [0.5, 0.6) is 0 Å². The van der Waals surface area contributed by atoms with Crippen LogP contribution in [0.25, 0.3) is 10.9 Å². The first-order chi connectivity index (χ1) is 15.6. The zero-order valence-corrected chi connectivity index (χ0v) is 19.7. The number of nitrogens with zero attached hydrogens (tertiary/aromatic N) is 2. The van der Waals surface area contributed by atoms with Gasteiger partial charge < -0.3 is 10.2 Å². The number of hydrogen-bond donors (Lipinski definition) is 2. The summed E-state index contributed by atoms with van der Waals surface area (Å²) in [5.41, 5.74) is 2.28. The van der Waals surface area contributed by atoms with Gasteiger partial charge in [-0.2, -0.15) is 0 Å². The molecule has 9 heteroatoms. The summed E-state index contributed by atoms with van der Waals surface area (Å²) in [4.78, 5) is 19.8. The molecule has 1 atom stereocenters. The van der Waals surface area contributed by atoms with E-state index in [1.54, 1.807) is 26.0 Å². The molecule has 0 aliphatic carbocycles. The molecule has 2 N–H and O–H groups in total. The predicted molar refractivity (Wildman–Crippen MR) is 129 cm³/mol. The van der Waals surface area contributed by atoms with E-state index in [1.165, 1.54) is 18.9 Å². The fraction of sp³-hybridized carbons (Fsp3) is 0.333.